The van der Waals surface area contributed by atoms with Gasteiger partial charge in [0.15, 0.2) is 0 Å². The molecule has 2 fully saturated rings. The topological polar surface area (TPSA) is 34.1 Å². The minimum absolute atomic E-state index is 0.384. The second-order valence-electron chi connectivity index (χ2n) is 3.75. The van der Waals surface area contributed by atoms with E-state index in [0.717, 1.165) is 32.1 Å². The van der Waals surface area contributed by atoms with E-state index in [1.165, 1.54) is 0 Å². The molecule has 2 nitrogen and oxygen atoms in total. The summed E-state index contributed by atoms with van der Waals surface area (Å²) in [6.45, 7) is 0. The number of rotatable bonds is 1. The average molecular weight is 152 g/mol. The van der Waals surface area contributed by atoms with Gasteiger partial charge in [-0.15, -0.1) is 0 Å². The molecule has 0 radical (unpaired) electrons. The fourth-order valence-electron chi connectivity index (χ4n) is 2.10. The van der Waals surface area contributed by atoms with Gasteiger partial charge in [-0.1, -0.05) is 0 Å². The van der Waals surface area contributed by atoms with E-state index in [0.29, 0.717) is 23.4 Å². The summed E-state index contributed by atoms with van der Waals surface area (Å²) in [5.41, 5.74) is 0. The fourth-order valence-corrected chi connectivity index (χ4v) is 2.10. The van der Waals surface area contributed by atoms with E-state index in [4.69, 9.17) is 0 Å². The van der Waals surface area contributed by atoms with Crippen molar-refractivity contribution >= 4 is 11.6 Å². The van der Waals surface area contributed by atoms with Crippen LogP contribution in [-0.2, 0) is 9.59 Å². The molecule has 60 valence electrons. The molecule has 0 bridgehead atoms. The molecule has 0 amide bonds. The standard InChI is InChI=1S/C9H12O2/c10-8-2-1-6(3-8)7-4-9(11)5-7/h6-7H,1-5H2. The van der Waals surface area contributed by atoms with Gasteiger partial charge in [0.1, 0.15) is 11.6 Å². The highest BCUT2D eigenvalue weighted by Crippen LogP contribution is 2.38. The zero-order chi connectivity index (χ0) is 7.84. The van der Waals surface area contributed by atoms with Gasteiger partial charge in [-0.05, 0) is 18.3 Å². The lowest BCUT2D eigenvalue weighted by Crippen LogP contribution is -2.29. The van der Waals surface area contributed by atoms with Gasteiger partial charge in [0.2, 0.25) is 0 Å². The summed E-state index contributed by atoms with van der Waals surface area (Å²) in [6, 6.07) is 0. The fraction of sp³-hybridized carbons (Fsp3) is 0.778. The summed E-state index contributed by atoms with van der Waals surface area (Å²) in [5.74, 6) is 1.90. The molecule has 1 unspecified atom stereocenters. The number of hydrogen-bond acceptors (Lipinski definition) is 2. The normalized spacial score (nSPS) is 32.5. The van der Waals surface area contributed by atoms with Gasteiger partial charge < -0.3 is 0 Å². The molecule has 0 aromatic rings. The molecule has 2 heteroatoms. The van der Waals surface area contributed by atoms with Gasteiger partial charge in [-0.3, -0.25) is 9.59 Å². The third-order valence-corrected chi connectivity index (χ3v) is 2.93. The van der Waals surface area contributed by atoms with Crippen LogP contribution < -0.4 is 0 Å². The Morgan fingerprint density at radius 2 is 1.55 bits per heavy atom. The molecule has 0 N–H and O–H groups in total. The van der Waals surface area contributed by atoms with Crippen LogP contribution >= 0.6 is 0 Å². The van der Waals surface area contributed by atoms with Crippen molar-refractivity contribution in [2.24, 2.45) is 11.8 Å². The number of hydrogen-bond donors (Lipinski definition) is 0. The van der Waals surface area contributed by atoms with Crippen LogP contribution in [0.5, 0.6) is 0 Å². The molecule has 0 spiro atoms. The largest absolute Gasteiger partial charge is 0.300 e. The van der Waals surface area contributed by atoms with Crippen molar-refractivity contribution < 1.29 is 9.59 Å². The molecule has 11 heavy (non-hydrogen) atoms. The molecule has 2 aliphatic rings. The lowest BCUT2D eigenvalue weighted by atomic mass is 9.74. The van der Waals surface area contributed by atoms with E-state index in [2.05, 4.69) is 0 Å². The van der Waals surface area contributed by atoms with Crippen molar-refractivity contribution in [3.05, 3.63) is 0 Å². The third-order valence-electron chi connectivity index (χ3n) is 2.93. The minimum Gasteiger partial charge on any atom is -0.300 e. The van der Waals surface area contributed by atoms with Crippen LogP contribution in [0.25, 0.3) is 0 Å². The number of carbonyl (C=O) groups excluding carboxylic acids is 2. The molecule has 0 saturated heterocycles. The third kappa shape index (κ3) is 1.22. The van der Waals surface area contributed by atoms with E-state index in [9.17, 15) is 9.59 Å². The minimum atomic E-state index is 0.384. The maximum absolute atomic E-state index is 10.9. The Kier molecular flexibility index (Phi) is 1.55. The van der Waals surface area contributed by atoms with Crippen LogP contribution in [0.1, 0.15) is 32.1 Å². The molecular weight excluding hydrogens is 140 g/mol. The van der Waals surface area contributed by atoms with Gasteiger partial charge in [0.25, 0.3) is 0 Å². The molecule has 0 aliphatic heterocycles. The molecule has 0 heterocycles. The van der Waals surface area contributed by atoms with Gasteiger partial charge in [0, 0.05) is 25.7 Å². The smallest absolute Gasteiger partial charge is 0.133 e. The average Bonchev–Trinajstić information content (AvgIpc) is 2.29. The Labute approximate surface area is 66.0 Å². The summed E-state index contributed by atoms with van der Waals surface area (Å²) in [6.07, 6.45) is 4.04. The summed E-state index contributed by atoms with van der Waals surface area (Å²) in [4.78, 5) is 21.6. The Balaban J connectivity index is 1.88. The zero-order valence-corrected chi connectivity index (χ0v) is 6.51. The Hall–Kier alpha value is -0.660. The van der Waals surface area contributed by atoms with Crippen LogP contribution in [0.2, 0.25) is 0 Å². The van der Waals surface area contributed by atoms with E-state index in [-0.39, 0.29) is 0 Å². The lowest BCUT2D eigenvalue weighted by molar-refractivity contribution is -0.129. The second kappa shape index (κ2) is 2.43. The monoisotopic (exact) mass is 152 g/mol. The predicted octanol–water partition coefficient (Wildman–Crippen LogP) is 1.33. The molecule has 0 aromatic heterocycles. The van der Waals surface area contributed by atoms with Crippen molar-refractivity contribution in [2.45, 2.75) is 32.1 Å². The number of carbonyl (C=O) groups is 2. The van der Waals surface area contributed by atoms with Gasteiger partial charge in [0.05, 0.1) is 0 Å². The van der Waals surface area contributed by atoms with Gasteiger partial charge in [-0.2, -0.15) is 0 Å². The first kappa shape index (κ1) is 7.01. The summed E-state index contributed by atoms with van der Waals surface area (Å²) < 4.78 is 0. The van der Waals surface area contributed by atoms with Crippen molar-refractivity contribution in [1.29, 1.82) is 0 Å². The van der Waals surface area contributed by atoms with Crippen LogP contribution in [0.3, 0.4) is 0 Å². The highest BCUT2D eigenvalue weighted by atomic mass is 16.1. The number of Topliss-reactive ketones (excluding diaryl/α,β-unsaturated/α-hetero) is 2. The predicted molar refractivity (Wildman–Crippen MR) is 40.1 cm³/mol. The first-order valence-corrected chi connectivity index (χ1v) is 4.29. The van der Waals surface area contributed by atoms with Gasteiger partial charge in [-0.25, -0.2) is 0 Å². The van der Waals surface area contributed by atoms with Crippen LogP contribution in [0.4, 0.5) is 0 Å². The summed E-state index contributed by atoms with van der Waals surface area (Å²) >= 11 is 0. The van der Waals surface area contributed by atoms with Crippen LogP contribution in [-0.4, -0.2) is 11.6 Å². The zero-order valence-electron chi connectivity index (χ0n) is 6.51. The van der Waals surface area contributed by atoms with Crippen LogP contribution in [0, 0.1) is 11.8 Å². The highest BCUT2D eigenvalue weighted by Gasteiger charge is 2.37. The molecule has 0 aromatic carbocycles. The molecule has 1 atom stereocenters. The van der Waals surface area contributed by atoms with Gasteiger partial charge >= 0.3 is 0 Å². The summed E-state index contributed by atoms with van der Waals surface area (Å²) in [5, 5.41) is 0. The van der Waals surface area contributed by atoms with E-state index in [1.54, 1.807) is 0 Å². The van der Waals surface area contributed by atoms with Crippen molar-refractivity contribution in [3.63, 3.8) is 0 Å². The van der Waals surface area contributed by atoms with Crippen molar-refractivity contribution in [3.8, 4) is 0 Å². The quantitative estimate of drug-likeness (QED) is 0.568. The SMILES string of the molecule is O=C1CCC(C2CC(=O)C2)C1. The number of ketones is 2. The molecule has 2 aliphatic carbocycles. The van der Waals surface area contributed by atoms with Crippen molar-refractivity contribution in [2.75, 3.05) is 0 Å². The molecular formula is C9H12O2. The first-order chi connectivity index (χ1) is 5.25. The maximum atomic E-state index is 10.9. The Morgan fingerprint density at radius 1 is 0.909 bits per heavy atom. The Bertz CT molecular complexity index is 200. The Morgan fingerprint density at radius 3 is 2.00 bits per heavy atom. The van der Waals surface area contributed by atoms with Crippen LogP contribution in [0.15, 0.2) is 0 Å². The molecule has 2 saturated carbocycles. The van der Waals surface area contributed by atoms with E-state index in [1.807, 2.05) is 0 Å². The molecule has 2 rings (SSSR count). The lowest BCUT2D eigenvalue weighted by Gasteiger charge is -2.29. The second-order valence-corrected chi connectivity index (χ2v) is 3.75. The summed E-state index contributed by atoms with van der Waals surface area (Å²) in [7, 11) is 0. The van der Waals surface area contributed by atoms with E-state index >= 15 is 0 Å². The first-order valence-electron chi connectivity index (χ1n) is 4.29. The van der Waals surface area contributed by atoms with E-state index < -0.39 is 0 Å². The maximum Gasteiger partial charge on any atom is 0.133 e. The van der Waals surface area contributed by atoms with Crippen molar-refractivity contribution in [1.82, 2.24) is 0 Å². The highest BCUT2D eigenvalue weighted by molar-refractivity contribution is 5.86.